The Morgan fingerprint density at radius 3 is 3.00 bits per heavy atom. The topological polar surface area (TPSA) is 12.0 Å². The highest BCUT2D eigenvalue weighted by molar-refractivity contribution is 6.18. The summed E-state index contributed by atoms with van der Waals surface area (Å²) in [6.45, 7) is 1.84. The third-order valence-electron chi connectivity index (χ3n) is 2.81. The molecule has 2 atom stereocenters. The summed E-state index contributed by atoms with van der Waals surface area (Å²) in [4.78, 5) is 0. The number of alkyl halides is 1. The van der Waals surface area contributed by atoms with Crippen molar-refractivity contribution in [1.29, 1.82) is 0 Å². The van der Waals surface area contributed by atoms with Crippen LogP contribution in [0.3, 0.4) is 0 Å². The van der Waals surface area contributed by atoms with Gasteiger partial charge in [0.25, 0.3) is 0 Å². The summed E-state index contributed by atoms with van der Waals surface area (Å²) in [5.41, 5.74) is 1.06. The molecule has 1 aromatic rings. The summed E-state index contributed by atoms with van der Waals surface area (Å²) in [6.07, 6.45) is 0. The van der Waals surface area contributed by atoms with Gasteiger partial charge < -0.3 is 5.32 Å². The molecule has 76 valence electrons. The molecule has 1 N–H and O–H groups in total. The van der Waals surface area contributed by atoms with Crippen LogP contribution in [-0.4, -0.2) is 19.0 Å². The molecule has 1 nitrogen and oxygen atoms in total. The van der Waals surface area contributed by atoms with Gasteiger partial charge >= 0.3 is 0 Å². The van der Waals surface area contributed by atoms with Crippen molar-refractivity contribution in [3.63, 3.8) is 0 Å². The predicted octanol–water partition coefficient (Wildman–Crippen LogP) is 2.37. The minimum atomic E-state index is -0.164. The Hall–Kier alpha value is -0.600. The third kappa shape index (κ3) is 1.91. The number of halogens is 2. The highest BCUT2D eigenvalue weighted by atomic mass is 35.5. The van der Waals surface area contributed by atoms with Crippen molar-refractivity contribution >= 4 is 11.6 Å². The molecule has 1 fully saturated rings. The van der Waals surface area contributed by atoms with Gasteiger partial charge in [-0.25, -0.2) is 4.39 Å². The summed E-state index contributed by atoms with van der Waals surface area (Å²) in [7, 11) is 0. The lowest BCUT2D eigenvalue weighted by atomic mass is 9.90. The quantitative estimate of drug-likeness (QED) is 0.744. The molecular weight excluding hydrogens is 201 g/mol. The van der Waals surface area contributed by atoms with E-state index in [2.05, 4.69) is 5.32 Å². The molecule has 3 heteroatoms. The Labute approximate surface area is 88.3 Å². The van der Waals surface area contributed by atoms with Crippen molar-refractivity contribution in [3.8, 4) is 0 Å². The summed E-state index contributed by atoms with van der Waals surface area (Å²) in [6, 6.07) is 6.81. The third-order valence-corrected chi connectivity index (χ3v) is 3.21. The van der Waals surface area contributed by atoms with E-state index >= 15 is 0 Å². The lowest BCUT2D eigenvalue weighted by molar-refractivity contribution is 0.569. The van der Waals surface area contributed by atoms with E-state index in [0.29, 0.717) is 17.7 Å². The molecule has 1 aliphatic heterocycles. The first-order valence-corrected chi connectivity index (χ1v) is 5.37. The normalized spacial score (nSPS) is 26.7. The molecular formula is C11H13ClFN. The van der Waals surface area contributed by atoms with Crippen LogP contribution < -0.4 is 5.32 Å². The molecule has 1 heterocycles. The van der Waals surface area contributed by atoms with Crippen LogP contribution in [0.5, 0.6) is 0 Å². The van der Waals surface area contributed by atoms with Gasteiger partial charge in [0, 0.05) is 18.3 Å². The molecule has 0 aromatic heterocycles. The SMILES string of the molecule is Fc1cccc(C2CNCC2CCl)c1. The number of hydrogen-bond donors (Lipinski definition) is 1. The summed E-state index contributed by atoms with van der Waals surface area (Å²) < 4.78 is 13.0. The number of hydrogen-bond acceptors (Lipinski definition) is 1. The van der Waals surface area contributed by atoms with Crippen LogP contribution >= 0.6 is 11.6 Å². The number of benzene rings is 1. The first kappa shape index (κ1) is 9.94. The van der Waals surface area contributed by atoms with Gasteiger partial charge in [0.15, 0.2) is 0 Å². The van der Waals surface area contributed by atoms with Gasteiger partial charge in [-0.1, -0.05) is 12.1 Å². The average molecular weight is 214 g/mol. The molecule has 0 aliphatic carbocycles. The zero-order chi connectivity index (χ0) is 9.97. The van der Waals surface area contributed by atoms with Gasteiger partial charge in [-0.3, -0.25) is 0 Å². The first-order valence-electron chi connectivity index (χ1n) is 4.83. The van der Waals surface area contributed by atoms with Crippen molar-refractivity contribution in [2.24, 2.45) is 5.92 Å². The highest BCUT2D eigenvalue weighted by Crippen LogP contribution is 2.29. The minimum Gasteiger partial charge on any atom is -0.316 e. The largest absolute Gasteiger partial charge is 0.316 e. The Morgan fingerprint density at radius 1 is 1.43 bits per heavy atom. The standard InChI is InChI=1S/C11H13ClFN/c12-5-9-6-14-7-11(9)8-2-1-3-10(13)4-8/h1-4,9,11,14H,5-7H2. The monoisotopic (exact) mass is 213 g/mol. The van der Waals surface area contributed by atoms with Gasteiger partial charge in [-0.15, -0.1) is 11.6 Å². The lowest BCUT2D eigenvalue weighted by Crippen LogP contribution is -2.12. The molecule has 0 saturated carbocycles. The van der Waals surface area contributed by atoms with Crippen molar-refractivity contribution in [2.75, 3.05) is 19.0 Å². The molecule has 14 heavy (non-hydrogen) atoms. The maximum atomic E-state index is 13.0. The molecule has 0 amide bonds. The van der Waals surface area contributed by atoms with Crippen LogP contribution in [0.2, 0.25) is 0 Å². The number of nitrogens with one attached hydrogen (secondary N) is 1. The van der Waals surface area contributed by atoms with Gasteiger partial charge in [0.2, 0.25) is 0 Å². The summed E-state index contributed by atoms with van der Waals surface area (Å²) >= 11 is 5.86. The molecule has 0 radical (unpaired) electrons. The van der Waals surface area contributed by atoms with Crippen molar-refractivity contribution in [1.82, 2.24) is 5.32 Å². The highest BCUT2D eigenvalue weighted by Gasteiger charge is 2.27. The smallest absolute Gasteiger partial charge is 0.123 e. The second-order valence-corrected chi connectivity index (χ2v) is 4.04. The zero-order valence-corrected chi connectivity index (χ0v) is 8.60. The summed E-state index contributed by atoms with van der Waals surface area (Å²) in [5, 5.41) is 3.28. The Balaban J connectivity index is 2.21. The molecule has 0 bridgehead atoms. The predicted molar refractivity (Wildman–Crippen MR) is 56.2 cm³/mol. The van der Waals surface area contributed by atoms with Crippen molar-refractivity contribution in [3.05, 3.63) is 35.6 Å². The zero-order valence-electron chi connectivity index (χ0n) is 7.84. The van der Waals surface area contributed by atoms with E-state index in [1.807, 2.05) is 6.07 Å². The van der Waals surface area contributed by atoms with Crippen LogP contribution in [0.1, 0.15) is 11.5 Å². The molecule has 1 aliphatic rings. The van der Waals surface area contributed by atoms with Gasteiger partial charge in [0.1, 0.15) is 5.82 Å². The van der Waals surface area contributed by atoms with E-state index in [1.54, 1.807) is 12.1 Å². The van der Waals surface area contributed by atoms with Crippen LogP contribution in [0.15, 0.2) is 24.3 Å². The molecule has 1 saturated heterocycles. The van der Waals surface area contributed by atoms with Crippen molar-refractivity contribution in [2.45, 2.75) is 5.92 Å². The molecule has 2 unspecified atom stereocenters. The van der Waals surface area contributed by atoms with E-state index in [4.69, 9.17) is 11.6 Å². The number of rotatable bonds is 2. The van der Waals surface area contributed by atoms with E-state index in [1.165, 1.54) is 6.07 Å². The lowest BCUT2D eigenvalue weighted by Gasteiger charge is -2.16. The summed E-state index contributed by atoms with van der Waals surface area (Å²) in [5.74, 6) is 1.26. The van der Waals surface area contributed by atoms with Crippen LogP contribution in [0, 0.1) is 11.7 Å². The minimum absolute atomic E-state index is 0.164. The van der Waals surface area contributed by atoms with Gasteiger partial charge in [0.05, 0.1) is 0 Å². The van der Waals surface area contributed by atoms with Crippen LogP contribution in [0.4, 0.5) is 4.39 Å². The Morgan fingerprint density at radius 2 is 2.29 bits per heavy atom. The second-order valence-electron chi connectivity index (χ2n) is 3.73. The van der Waals surface area contributed by atoms with Crippen molar-refractivity contribution < 1.29 is 4.39 Å². The van der Waals surface area contributed by atoms with Gasteiger partial charge in [-0.2, -0.15) is 0 Å². The fourth-order valence-electron chi connectivity index (χ4n) is 2.02. The van der Waals surface area contributed by atoms with E-state index in [-0.39, 0.29) is 5.82 Å². The first-order chi connectivity index (χ1) is 6.81. The van der Waals surface area contributed by atoms with E-state index in [0.717, 1.165) is 18.7 Å². The molecule has 2 rings (SSSR count). The average Bonchev–Trinajstić information content (AvgIpc) is 2.65. The van der Waals surface area contributed by atoms with E-state index < -0.39 is 0 Å². The fraction of sp³-hybridized carbons (Fsp3) is 0.455. The van der Waals surface area contributed by atoms with Crippen LogP contribution in [-0.2, 0) is 0 Å². The molecule has 0 spiro atoms. The Bertz CT molecular complexity index is 316. The van der Waals surface area contributed by atoms with E-state index in [9.17, 15) is 4.39 Å². The maximum Gasteiger partial charge on any atom is 0.123 e. The fourth-order valence-corrected chi connectivity index (χ4v) is 2.35. The second kappa shape index (κ2) is 4.28. The Kier molecular flexibility index (Phi) is 3.04. The molecule has 1 aromatic carbocycles. The van der Waals surface area contributed by atoms with Crippen LogP contribution in [0.25, 0.3) is 0 Å². The maximum absolute atomic E-state index is 13.0. The van der Waals surface area contributed by atoms with Gasteiger partial charge in [-0.05, 0) is 30.2 Å².